The molecule has 3 nitrogen and oxygen atoms in total. The van der Waals surface area contributed by atoms with Gasteiger partial charge in [0.05, 0.1) is 6.54 Å². The van der Waals surface area contributed by atoms with E-state index in [9.17, 15) is 0 Å². The summed E-state index contributed by atoms with van der Waals surface area (Å²) in [7, 11) is 2.19. The Hall–Kier alpha value is -0.800. The molecule has 102 valence electrons. The maximum atomic E-state index is 6.10. The summed E-state index contributed by atoms with van der Waals surface area (Å²) in [6.45, 7) is 3.61. The van der Waals surface area contributed by atoms with E-state index in [0.717, 1.165) is 24.6 Å². The summed E-state index contributed by atoms with van der Waals surface area (Å²) in [5.74, 6) is 2.04. The monoisotopic (exact) mass is 250 g/mol. The van der Waals surface area contributed by atoms with Gasteiger partial charge in [0.2, 0.25) is 0 Å². The number of hydrogen-bond acceptors (Lipinski definition) is 3. The van der Waals surface area contributed by atoms with Crippen molar-refractivity contribution in [1.82, 2.24) is 4.90 Å². The lowest BCUT2D eigenvalue weighted by atomic mass is 9.88. The molecule has 1 fully saturated rings. The van der Waals surface area contributed by atoms with Gasteiger partial charge in [-0.05, 0) is 38.9 Å². The SMILES string of the molecule is Cc1ccc(CN(C)C2(CN)CCCCCC2)o1. The second-order valence-corrected chi connectivity index (χ2v) is 5.71. The Balaban J connectivity index is 2.06. The third-order valence-electron chi connectivity index (χ3n) is 4.41. The van der Waals surface area contributed by atoms with E-state index in [4.69, 9.17) is 10.2 Å². The van der Waals surface area contributed by atoms with Crippen LogP contribution in [0.2, 0.25) is 0 Å². The molecule has 0 unspecified atom stereocenters. The predicted molar refractivity (Wildman–Crippen MR) is 74.4 cm³/mol. The average molecular weight is 250 g/mol. The van der Waals surface area contributed by atoms with Crippen LogP contribution in [0, 0.1) is 6.92 Å². The number of furan rings is 1. The highest BCUT2D eigenvalue weighted by Crippen LogP contribution is 2.32. The van der Waals surface area contributed by atoms with Gasteiger partial charge in [0, 0.05) is 12.1 Å². The first-order chi connectivity index (χ1) is 8.66. The zero-order valence-corrected chi connectivity index (χ0v) is 11.7. The van der Waals surface area contributed by atoms with Crippen LogP contribution in [0.1, 0.15) is 50.0 Å². The van der Waals surface area contributed by atoms with Gasteiger partial charge in [-0.25, -0.2) is 0 Å². The van der Waals surface area contributed by atoms with E-state index in [-0.39, 0.29) is 5.54 Å². The van der Waals surface area contributed by atoms with Crippen molar-refractivity contribution in [3.63, 3.8) is 0 Å². The fourth-order valence-electron chi connectivity index (χ4n) is 3.10. The Bertz CT molecular complexity index is 364. The van der Waals surface area contributed by atoms with E-state index in [2.05, 4.69) is 18.0 Å². The minimum absolute atomic E-state index is 0.178. The summed E-state index contributed by atoms with van der Waals surface area (Å²) < 4.78 is 5.68. The molecule has 1 aromatic rings. The molecule has 1 aliphatic carbocycles. The van der Waals surface area contributed by atoms with Gasteiger partial charge in [-0.3, -0.25) is 4.90 Å². The Morgan fingerprint density at radius 3 is 2.39 bits per heavy atom. The van der Waals surface area contributed by atoms with Crippen molar-refractivity contribution in [3.05, 3.63) is 23.7 Å². The Morgan fingerprint density at radius 2 is 1.89 bits per heavy atom. The van der Waals surface area contributed by atoms with E-state index in [1.807, 2.05) is 13.0 Å². The van der Waals surface area contributed by atoms with Gasteiger partial charge in [0.1, 0.15) is 11.5 Å². The maximum absolute atomic E-state index is 6.10. The van der Waals surface area contributed by atoms with Crippen molar-refractivity contribution in [2.45, 2.75) is 57.5 Å². The van der Waals surface area contributed by atoms with Gasteiger partial charge in [0.25, 0.3) is 0 Å². The fourth-order valence-corrected chi connectivity index (χ4v) is 3.10. The van der Waals surface area contributed by atoms with Crippen molar-refractivity contribution in [2.24, 2.45) is 5.73 Å². The molecule has 0 aliphatic heterocycles. The van der Waals surface area contributed by atoms with Crippen LogP contribution in [-0.2, 0) is 6.54 Å². The van der Waals surface area contributed by atoms with Crippen LogP contribution in [0.3, 0.4) is 0 Å². The summed E-state index contributed by atoms with van der Waals surface area (Å²) in [5, 5.41) is 0. The van der Waals surface area contributed by atoms with Crippen LogP contribution in [0.5, 0.6) is 0 Å². The molecule has 0 spiro atoms. The van der Waals surface area contributed by atoms with Crippen LogP contribution >= 0.6 is 0 Å². The van der Waals surface area contributed by atoms with Gasteiger partial charge in [-0.2, -0.15) is 0 Å². The molecule has 0 saturated heterocycles. The lowest BCUT2D eigenvalue weighted by molar-refractivity contribution is 0.0919. The van der Waals surface area contributed by atoms with E-state index >= 15 is 0 Å². The van der Waals surface area contributed by atoms with Gasteiger partial charge in [-0.15, -0.1) is 0 Å². The van der Waals surface area contributed by atoms with Gasteiger partial charge in [0.15, 0.2) is 0 Å². The normalized spacial score (nSPS) is 20.0. The zero-order valence-electron chi connectivity index (χ0n) is 11.7. The average Bonchev–Trinajstić information content (AvgIpc) is 2.65. The molecule has 1 aromatic heterocycles. The second kappa shape index (κ2) is 5.89. The number of likely N-dealkylation sites (N-methyl/N-ethyl adjacent to an activating group) is 1. The Morgan fingerprint density at radius 1 is 1.22 bits per heavy atom. The number of aryl methyl sites for hydroxylation is 1. The first-order valence-corrected chi connectivity index (χ1v) is 7.13. The van der Waals surface area contributed by atoms with Gasteiger partial charge < -0.3 is 10.2 Å². The van der Waals surface area contributed by atoms with E-state index in [1.165, 1.54) is 38.5 Å². The predicted octanol–water partition coefficient (Wildman–Crippen LogP) is 3.07. The largest absolute Gasteiger partial charge is 0.465 e. The molecule has 2 rings (SSSR count). The third-order valence-corrected chi connectivity index (χ3v) is 4.41. The summed E-state index contributed by atoms with van der Waals surface area (Å²) in [5.41, 5.74) is 6.27. The third kappa shape index (κ3) is 2.96. The van der Waals surface area contributed by atoms with Crippen molar-refractivity contribution in [3.8, 4) is 0 Å². The quantitative estimate of drug-likeness (QED) is 0.835. The molecule has 1 heterocycles. The minimum Gasteiger partial charge on any atom is -0.465 e. The van der Waals surface area contributed by atoms with E-state index in [0.29, 0.717) is 0 Å². The molecular weight excluding hydrogens is 224 g/mol. The van der Waals surface area contributed by atoms with E-state index < -0.39 is 0 Å². The molecule has 1 saturated carbocycles. The van der Waals surface area contributed by atoms with Crippen molar-refractivity contribution < 1.29 is 4.42 Å². The van der Waals surface area contributed by atoms with E-state index in [1.54, 1.807) is 0 Å². The molecule has 0 amide bonds. The van der Waals surface area contributed by atoms with Crippen LogP contribution in [0.25, 0.3) is 0 Å². The molecule has 1 aliphatic rings. The van der Waals surface area contributed by atoms with Crippen LogP contribution < -0.4 is 5.73 Å². The highest BCUT2D eigenvalue weighted by Gasteiger charge is 2.33. The van der Waals surface area contributed by atoms with Crippen molar-refractivity contribution in [2.75, 3.05) is 13.6 Å². The summed E-state index contributed by atoms with van der Waals surface area (Å²) in [4.78, 5) is 2.41. The summed E-state index contributed by atoms with van der Waals surface area (Å²) in [6.07, 6.45) is 7.77. The molecule has 0 atom stereocenters. The topological polar surface area (TPSA) is 42.4 Å². The maximum Gasteiger partial charge on any atom is 0.118 e. The smallest absolute Gasteiger partial charge is 0.118 e. The number of nitrogens with zero attached hydrogens (tertiary/aromatic N) is 1. The summed E-state index contributed by atoms with van der Waals surface area (Å²) in [6, 6.07) is 4.11. The second-order valence-electron chi connectivity index (χ2n) is 5.71. The number of hydrogen-bond donors (Lipinski definition) is 1. The standard InChI is InChI=1S/C15H26N2O/c1-13-7-8-14(18-13)11-17(2)15(12-16)9-5-3-4-6-10-15/h7-8H,3-6,9-12,16H2,1-2H3. The first kappa shape index (κ1) is 13.6. The van der Waals surface area contributed by atoms with Crippen LogP contribution in [0.4, 0.5) is 0 Å². The highest BCUT2D eigenvalue weighted by molar-refractivity contribution is 5.06. The number of nitrogens with two attached hydrogens (primary N) is 1. The molecule has 2 N–H and O–H groups in total. The first-order valence-electron chi connectivity index (χ1n) is 7.13. The van der Waals surface area contributed by atoms with Gasteiger partial charge in [-0.1, -0.05) is 25.7 Å². The number of rotatable bonds is 4. The molecule has 3 heteroatoms. The fraction of sp³-hybridized carbons (Fsp3) is 0.733. The molecule has 18 heavy (non-hydrogen) atoms. The summed E-state index contributed by atoms with van der Waals surface area (Å²) >= 11 is 0. The molecular formula is C15H26N2O. The highest BCUT2D eigenvalue weighted by atomic mass is 16.3. The Labute approximate surface area is 110 Å². The molecule has 0 aromatic carbocycles. The molecule has 0 radical (unpaired) electrons. The van der Waals surface area contributed by atoms with Gasteiger partial charge >= 0.3 is 0 Å². The Kier molecular flexibility index (Phi) is 4.46. The van der Waals surface area contributed by atoms with Crippen LogP contribution in [-0.4, -0.2) is 24.0 Å². The zero-order chi connectivity index (χ0) is 13.0. The van der Waals surface area contributed by atoms with Crippen LogP contribution in [0.15, 0.2) is 16.5 Å². The molecule has 0 bridgehead atoms. The lowest BCUT2D eigenvalue weighted by Crippen LogP contribution is -2.51. The lowest BCUT2D eigenvalue weighted by Gasteiger charge is -2.40. The van der Waals surface area contributed by atoms with Crippen molar-refractivity contribution in [1.29, 1.82) is 0 Å². The minimum atomic E-state index is 0.178. The van der Waals surface area contributed by atoms with Crippen molar-refractivity contribution >= 4 is 0 Å².